The fourth-order valence-electron chi connectivity index (χ4n) is 2.85. The fraction of sp³-hybridized carbons (Fsp3) is 0.273. The highest BCUT2D eigenvalue weighted by Crippen LogP contribution is 2.37. The van der Waals surface area contributed by atoms with E-state index < -0.39 is 23.6 Å². The molecule has 0 spiro atoms. The van der Waals surface area contributed by atoms with Gasteiger partial charge in [0.25, 0.3) is 0 Å². The summed E-state index contributed by atoms with van der Waals surface area (Å²) >= 11 is 0. The SMILES string of the molecule is COC(=O)Nc1cc(-c2cc(OC(C)(C)C)nc(-c3cccnc3C(F)(F)F)c2)ccn1. The van der Waals surface area contributed by atoms with Crippen LogP contribution in [0.15, 0.2) is 48.8 Å². The van der Waals surface area contributed by atoms with Crippen LogP contribution in [0.2, 0.25) is 0 Å². The maximum atomic E-state index is 13.6. The zero-order chi connectivity index (χ0) is 23.5. The highest BCUT2D eigenvalue weighted by molar-refractivity contribution is 5.84. The van der Waals surface area contributed by atoms with Gasteiger partial charge in [0.1, 0.15) is 11.4 Å². The summed E-state index contributed by atoms with van der Waals surface area (Å²) in [5.41, 5.74) is -0.730. The van der Waals surface area contributed by atoms with Gasteiger partial charge >= 0.3 is 12.3 Å². The van der Waals surface area contributed by atoms with Crippen LogP contribution in [0.5, 0.6) is 5.88 Å². The van der Waals surface area contributed by atoms with Gasteiger partial charge in [-0.2, -0.15) is 13.2 Å². The number of nitrogens with zero attached hydrogens (tertiary/aromatic N) is 3. The number of hydrogen-bond donors (Lipinski definition) is 1. The van der Waals surface area contributed by atoms with Crippen molar-refractivity contribution in [3.8, 4) is 28.3 Å². The number of carbonyl (C=O) groups excluding carboxylic acids is 1. The van der Waals surface area contributed by atoms with Crippen molar-refractivity contribution in [1.82, 2.24) is 15.0 Å². The third-order valence-corrected chi connectivity index (χ3v) is 4.07. The first-order valence-corrected chi connectivity index (χ1v) is 9.51. The Morgan fingerprint density at radius 1 is 1.00 bits per heavy atom. The molecule has 168 valence electrons. The molecule has 0 saturated carbocycles. The van der Waals surface area contributed by atoms with Gasteiger partial charge in [-0.15, -0.1) is 0 Å². The molecule has 0 radical (unpaired) electrons. The summed E-state index contributed by atoms with van der Waals surface area (Å²) in [6.07, 6.45) is -2.83. The van der Waals surface area contributed by atoms with Crippen LogP contribution < -0.4 is 10.1 Å². The molecule has 3 heterocycles. The summed E-state index contributed by atoms with van der Waals surface area (Å²) in [6.45, 7) is 5.41. The Hall–Kier alpha value is -3.69. The van der Waals surface area contributed by atoms with Crippen LogP contribution >= 0.6 is 0 Å². The van der Waals surface area contributed by atoms with Gasteiger partial charge in [-0.05, 0) is 62.2 Å². The first-order chi connectivity index (χ1) is 15.0. The van der Waals surface area contributed by atoms with Crippen molar-refractivity contribution in [2.45, 2.75) is 32.5 Å². The molecule has 0 atom stereocenters. The number of anilines is 1. The van der Waals surface area contributed by atoms with E-state index in [0.29, 0.717) is 11.1 Å². The molecule has 0 saturated heterocycles. The lowest BCUT2D eigenvalue weighted by molar-refractivity contribution is -0.140. The number of ether oxygens (including phenoxy) is 2. The minimum atomic E-state index is -4.66. The number of hydrogen-bond acceptors (Lipinski definition) is 6. The van der Waals surface area contributed by atoms with Crippen molar-refractivity contribution < 1.29 is 27.4 Å². The molecule has 3 aromatic rings. The van der Waals surface area contributed by atoms with Crippen LogP contribution in [-0.2, 0) is 10.9 Å². The number of carbonyl (C=O) groups is 1. The van der Waals surface area contributed by atoms with Crippen molar-refractivity contribution in [3.63, 3.8) is 0 Å². The Kier molecular flexibility index (Phi) is 6.33. The second-order valence-corrected chi connectivity index (χ2v) is 7.74. The molecule has 1 N–H and O–H groups in total. The number of nitrogens with one attached hydrogen (secondary N) is 1. The topological polar surface area (TPSA) is 86.2 Å². The molecular formula is C22H21F3N4O3. The zero-order valence-corrected chi connectivity index (χ0v) is 17.8. The highest BCUT2D eigenvalue weighted by atomic mass is 19.4. The molecule has 1 amide bonds. The molecule has 0 aromatic carbocycles. The zero-order valence-electron chi connectivity index (χ0n) is 17.8. The van der Waals surface area contributed by atoms with E-state index in [4.69, 9.17) is 4.74 Å². The Labute approximate surface area is 182 Å². The molecule has 0 aliphatic rings. The monoisotopic (exact) mass is 446 g/mol. The molecule has 0 unspecified atom stereocenters. The van der Waals surface area contributed by atoms with Crippen LogP contribution in [-0.4, -0.2) is 33.8 Å². The van der Waals surface area contributed by atoms with Gasteiger partial charge in [0.15, 0.2) is 5.69 Å². The van der Waals surface area contributed by atoms with Gasteiger partial charge < -0.3 is 9.47 Å². The maximum absolute atomic E-state index is 13.6. The van der Waals surface area contributed by atoms with E-state index in [9.17, 15) is 18.0 Å². The van der Waals surface area contributed by atoms with Crippen LogP contribution in [0.25, 0.3) is 22.4 Å². The number of halogens is 3. The number of methoxy groups -OCH3 is 1. The van der Waals surface area contributed by atoms with Crippen LogP contribution in [0.3, 0.4) is 0 Å². The third kappa shape index (κ3) is 5.71. The third-order valence-electron chi connectivity index (χ3n) is 4.07. The van der Waals surface area contributed by atoms with Gasteiger partial charge in [-0.3, -0.25) is 10.3 Å². The summed E-state index contributed by atoms with van der Waals surface area (Å²) < 4.78 is 51.1. The molecule has 32 heavy (non-hydrogen) atoms. The van der Waals surface area contributed by atoms with E-state index in [1.807, 2.05) is 0 Å². The molecule has 0 fully saturated rings. The first-order valence-electron chi connectivity index (χ1n) is 9.51. The lowest BCUT2D eigenvalue weighted by atomic mass is 10.0. The Morgan fingerprint density at radius 3 is 2.41 bits per heavy atom. The number of aromatic nitrogens is 3. The number of pyridine rings is 3. The highest BCUT2D eigenvalue weighted by Gasteiger charge is 2.36. The average Bonchev–Trinajstić information content (AvgIpc) is 2.72. The van der Waals surface area contributed by atoms with Gasteiger partial charge in [0.05, 0.1) is 12.8 Å². The van der Waals surface area contributed by atoms with E-state index in [2.05, 4.69) is 25.0 Å². The van der Waals surface area contributed by atoms with Crippen molar-refractivity contribution in [2.24, 2.45) is 0 Å². The summed E-state index contributed by atoms with van der Waals surface area (Å²) in [5.74, 6) is 0.352. The van der Waals surface area contributed by atoms with Crippen molar-refractivity contribution >= 4 is 11.9 Å². The summed E-state index contributed by atoms with van der Waals surface area (Å²) in [6, 6.07) is 9.03. The van der Waals surface area contributed by atoms with Crippen LogP contribution in [0.4, 0.5) is 23.8 Å². The van der Waals surface area contributed by atoms with E-state index >= 15 is 0 Å². The largest absolute Gasteiger partial charge is 0.472 e. The van der Waals surface area contributed by atoms with Crippen molar-refractivity contribution in [1.29, 1.82) is 0 Å². The molecule has 10 heteroatoms. The normalized spacial score (nSPS) is 11.7. The smallest absolute Gasteiger partial charge is 0.434 e. The average molecular weight is 446 g/mol. The molecule has 0 bridgehead atoms. The van der Waals surface area contributed by atoms with Crippen molar-refractivity contribution in [3.05, 3.63) is 54.5 Å². The van der Waals surface area contributed by atoms with E-state index in [-0.39, 0.29) is 23.0 Å². The predicted molar refractivity (Wildman–Crippen MR) is 112 cm³/mol. The molecule has 3 rings (SSSR count). The summed E-state index contributed by atoms with van der Waals surface area (Å²) in [4.78, 5) is 23.4. The first kappa shape index (κ1) is 23.0. The van der Waals surface area contributed by atoms with Crippen LogP contribution in [0.1, 0.15) is 26.5 Å². The summed E-state index contributed by atoms with van der Waals surface area (Å²) in [5, 5.41) is 2.45. The predicted octanol–water partition coefficient (Wildman–Crippen LogP) is 5.58. The Bertz CT molecular complexity index is 1130. The molecule has 0 aliphatic heterocycles. The summed E-state index contributed by atoms with van der Waals surface area (Å²) in [7, 11) is 1.22. The van der Waals surface area contributed by atoms with Crippen LogP contribution in [0, 0.1) is 0 Å². The minimum Gasteiger partial charge on any atom is -0.472 e. The maximum Gasteiger partial charge on any atom is 0.434 e. The van der Waals surface area contributed by atoms with E-state index in [1.54, 1.807) is 39.0 Å². The lowest BCUT2D eigenvalue weighted by Crippen LogP contribution is -2.23. The second-order valence-electron chi connectivity index (χ2n) is 7.74. The van der Waals surface area contributed by atoms with Crippen molar-refractivity contribution in [2.75, 3.05) is 12.4 Å². The van der Waals surface area contributed by atoms with E-state index in [0.717, 1.165) is 6.20 Å². The quantitative estimate of drug-likeness (QED) is 0.563. The fourth-order valence-corrected chi connectivity index (χ4v) is 2.85. The standard InChI is InChI=1S/C22H21F3N4O3/c1-21(2,3)32-18-12-14(13-7-9-26-17(11-13)29-20(30)31-4)10-16(28-18)15-6-5-8-27-19(15)22(23,24)25/h5-12H,1-4H3,(H,26,29,30). The number of rotatable bonds is 4. The van der Waals surface area contributed by atoms with Gasteiger partial charge in [-0.1, -0.05) is 0 Å². The Balaban J connectivity index is 2.16. The molecule has 0 aliphatic carbocycles. The number of amides is 1. The van der Waals surface area contributed by atoms with E-state index in [1.165, 1.54) is 31.5 Å². The lowest BCUT2D eigenvalue weighted by Gasteiger charge is -2.22. The molecule has 3 aromatic heterocycles. The minimum absolute atomic E-state index is 0.0430. The van der Waals surface area contributed by atoms with Gasteiger partial charge in [0.2, 0.25) is 5.88 Å². The molecular weight excluding hydrogens is 425 g/mol. The van der Waals surface area contributed by atoms with Gasteiger partial charge in [-0.25, -0.2) is 14.8 Å². The second kappa shape index (κ2) is 8.81. The number of alkyl halides is 3. The molecule has 7 nitrogen and oxygen atoms in total. The van der Waals surface area contributed by atoms with Gasteiger partial charge in [0, 0.05) is 24.0 Å². The Morgan fingerprint density at radius 2 is 1.75 bits per heavy atom.